The number of carbonyl (C=O) groups is 1. The topological polar surface area (TPSA) is 54.5 Å². The first kappa shape index (κ1) is 24.3. The average Bonchev–Trinajstić information content (AvgIpc) is 3.10. The first-order valence-electron chi connectivity index (χ1n) is 13.2. The van der Waals surface area contributed by atoms with Crippen LogP contribution in [-0.4, -0.2) is 35.4 Å². The molecule has 1 saturated heterocycles. The number of aromatic nitrogens is 1. The quantitative estimate of drug-likeness (QED) is 0.328. The van der Waals surface area contributed by atoms with E-state index in [-0.39, 0.29) is 11.9 Å². The molecule has 1 fully saturated rings. The van der Waals surface area contributed by atoms with E-state index in [2.05, 4.69) is 63.7 Å². The second-order valence-corrected chi connectivity index (χ2v) is 9.81. The first-order valence-corrected chi connectivity index (χ1v) is 13.2. The number of pyridine rings is 1. The van der Waals surface area contributed by atoms with Gasteiger partial charge in [-0.2, -0.15) is 0 Å². The number of ether oxygens (including phenoxy) is 1. The van der Waals surface area contributed by atoms with E-state index >= 15 is 0 Å². The Morgan fingerprint density at radius 3 is 2.64 bits per heavy atom. The molecule has 5 rings (SSSR count). The van der Waals surface area contributed by atoms with Crippen molar-refractivity contribution in [3.8, 4) is 5.75 Å². The van der Waals surface area contributed by atoms with Crippen LogP contribution in [-0.2, 0) is 11.4 Å². The summed E-state index contributed by atoms with van der Waals surface area (Å²) in [4.78, 5) is 18.7. The summed E-state index contributed by atoms with van der Waals surface area (Å²) >= 11 is 0. The molecule has 0 saturated carbocycles. The van der Waals surface area contributed by atoms with Crippen molar-refractivity contribution in [2.24, 2.45) is 5.92 Å². The monoisotopic (exact) mass is 481 g/mol. The zero-order valence-corrected chi connectivity index (χ0v) is 20.8. The van der Waals surface area contributed by atoms with Gasteiger partial charge >= 0.3 is 0 Å². The van der Waals surface area contributed by atoms with Gasteiger partial charge < -0.3 is 10.1 Å². The molecule has 1 unspecified atom stereocenters. The summed E-state index contributed by atoms with van der Waals surface area (Å²) in [6.45, 7) is 3.57. The lowest BCUT2D eigenvalue weighted by atomic mass is 9.87. The number of nitrogens with one attached hydrogen (secondary N) is 1. The molecule has 0 bridgehead atoms. The third-order valence-electron chi connectivity index (χ3n) is 7.41. The lowest BCUT2D eigenvalue weighted by Crippen LogP contribution is -2.37. The largest absolute Gasteiger partial charge is 0.489 e. The summed E-state index contributed by atoms with van der Waals surface area (Å²) in [7, 11) is 0. The normalized spacial score (nSPS) is 18.2. The minimum atomic E-state index is -0.0416. The zero-order chi connectivity index (χ0) is 24.6. The van der Waals surface area contributed by atoms with Gasteiger partial charge in [0.05, 0.1) is 6.04 Å². The van der Waals surface area contributed by atoms with Gasteiger partial charge in [-0.25, -0.2) is 0 Å². The van der Waals surface area contributed by atoms with Crippen LogP contribution in [0.5, 0.6) is 5.75 Å². The van der Waals surface area contributed by atoms with Gasteiger partial charge in [0.2, 0.25) is 5.91 Å². The molecule has 1 atom stereocenters. The van der Waals surface area contributed by atoms with Gasteiger partial charge in [-0.1, -0.05) is 61.4 Å². The van der Waals surface area contributed by atoms with Gasteiger partial charge in [0, 0.05) is 30.6 Å². The summed E-state index contributed by atoms with van der Waals surface area (Å²) in [5, 5.41) is 3.00. The smallest absolute Gasteiger partial charge is 0.243 e. The van der Waals surface area contributed by atoms with Crippen molar-refractivity contribution in [3.63, 3.8) is 0 Å². The maximum Gasteiger partial charge on any atom is 0.243 e. The molecule has 0 radical (unpaired) electrons. The highest BCUT2D eigenvalue weighted by Crippen LogP contribution is 2.41. The minimum Gasteiger partial charge on any atom is -0.489 e. The molecule has 2 aliphatic heterocycles. The van der Waals surface area contributed by atoms with E-state index in [1.807, 2.05) is 12.1 Å². The van der Waals surface area contributed by atoms with E-state index in [1.54, 1.807) is 24.5 Å². The number of hydrogen-bond acceptors (Lipinski definition) is 4. The van der Waals surface area contributed by atoms with Crippen LogP contribution in [0.25, 0.3) is 6.08 Å². The predicted molar refractivity (Wildman–Crippen MR) is 143 cm³/mol. The zero-order valence-electron chi connectivity index (χ0n) is 20.8. The lowest BCUT2D eigenvalue weighted by Gasteiger charge is -2.38. The molecular weight excluding hydrogens is 446 g/mol. The fourth-order valence-corrected chi connectivity index (χ4v) is 5.46. The van der Waals surface area contributed by atoms with Crippen molar-refractivity contribution in [3.05, 3.63) is 101 Å². The number of carbonyl (C=O) groups excluding carboxylic acids is 1. The molecule has 2 aromatic carbocycles. The van der Waals surface area contributed by atoms with Crippen LogP contribution >= 0.6 is 0 Å². The molecule has 1 amide bonds. The summed E-state index contributed by atoms with van der Waals surface area (Å²) in [5.74, 6) is 1.73. The van der Waals surface area contributed by atoms with E-state index in [0.717, 1.165) is 49.7 Å². The molecule has 2 aliphatic rings. The van der Waals surface area contributed by atoms with Gasteiger partial charge in [-0.05, 0) is 73.2 Å². The van der Waals surface area contributed by atoms with Crippen LogP contribution in [0.4, 0.5) is 0 Å². The number of nitrogens with zero attached hydrogens (tertiary/aromatic N) is 2. The molecule has 36 heavy (non-hydrogen) atoms. The summed E-state index contributed by atoms with van der Waals surface area (Å²) in [6, 6.07) is 21.3. The van der Waals surface area contributed by atoms with Crippen molar-refractivity contribution in [2.75, 3.05) is 19.6 Å². The van der Waals surface area contributed by atoms with Crippen molar-refractivity contribution in [2.45, 2.75) is 44.8 Å². The number of amides is 1. The molecule has 3 heterocycles. The van der Waals surface area contributed by atoms with E-state index in [4.69, 9.17) is 4.74 Å². The summed E-state index contributed by atoms with van der Waals surface area (Å²) in [6.07, 6.45) is 12.7. The number of hydrogen-bond donors (Lipinski definition) is 1. The van der Waals surface area contributed by atoms with Crippen LogP contribution < -0.4 is 10.1 Å². The van der Waals surface area contributed by atoms with Crippen LogP contribution in [0.3, 0.4) is 0 Å². The van der Waals surface area contributed by atoms with E-state index in [1.165, 1.54) is 36.0 Å². The number of benzene rings is 2. The molecule has 3 aromatic rings. The molecular formula is C31H35N3O2. The highest BCUT2D eigenvalue weighted by molar-refractivity contribution is 5.91. The Morgan fingerprint density at radius 1 is 1.00 bits per heavy atom. The Labute approximate surface area is 214 Å². The maximum absolute atomic E-state index is 12.0. The van der Waals surface area contributed by atoms with Crippen molar-refractivity contribution in [1.82, 2.24) is 15.2 Å². The number of para-hydroxylation sites is 1. The minimum absolute atomic E-state index is 0.0416. The second-order valence-electron chi connectivity index (χ2n) is 9.81. The van der Waals surface area contributed by atoms with Crippen molar-refractivity contribution >= 4 is 12.0 Å². The van der Waals surface area contributed by atoms with Gasteiger partial charge in [0.25, 0.3) is 0 Å². The van der Waals surface area contributed by atoms with Gasteiger partial charge in [-0.15, -0.1) is 0 Å². The van der Waals surface area contributed by atoms with Gasteiger partial charge in [0.1, 0.15) is 12.4 Å². The van der Waals surface area contributed by atoms with Crippen LogP contribution in [0.1, 0.15) is 60.4 Å². The summed E-state index contributed by atoms with van der Waals surface area (Å²) in [5.41, 5.74) is 4.89. The molecule has 5 nitrogen and oxygen atoms in total. The summed E-state index contributed by atoms with van der Waals surface area (Å²) < 4.78 is 6.18. The Bertz CT molecular complexity index is 1120. The molecule has 186 valence electrons. The maximum atomic E-state index is 12.0. The Morgan fingerprint density at radius 2 is 1.81 bits per heavy atom. The molecule has 1 aromatic heterocycles. The highest BCUT2D eigenvalue weighted by atomic mass is 16.5. The number of unbranched alkanes of at least 4 members (excludes halogenated alkanes) is 1. The van der Waals surface area contributed by atoms with Crippen molar-refractivity contribution < 1.29 is 9.53 Å². The van der Waals surface area contributed by atoms with E-state index in [9.17, 15) is 4.79 Å². The molecule has 0 spiro atoms. The average molecular weight is 482 g/mol. The van der Waals surface area contributed by atoms with Crippen LogP contribution in [0.15, 0.2) is 79.1 Å². The van der Waals surface area contributed by atoms with Crippen LogP contribution in [0, 0.1) is 5.92 Å². The number of likely N-dealkylation sites (tertiary alicyclic amines) is 1. The highest BCUT2D eigenvalue weighted by Gasteiger charge is 2.31. The first-order chi connectivity index (χ1) is 17.8. The molecule has 0 aliphatic carbocycles. The predicted octanol–water partition coefficient (Wildman–Crippen LogP) is 5.78. The Kier molecular flexibility index (Phi) is 8.09. The fraction of sp³-hybridized carbons (Fsp3) is 0.355. The third kappa shape index (κ3) is 6.03. The number of piperidine rings is 1. The molecule has 1 N–H and O–H groups in total. The third-order valence-corrected chi connectivity index (χ3v) is 7.41. The van der Waals surface area contributed by atoms with Crippen molar-refractivity contribution in [1.29, 1.82) is 0 Å². The van der Waals surface area contributed by atoms with E-state index < -0.39 is 0 Å². The standard InChI is InChI=1S/C31H35N3O2/c35-30(15-14-25-9-7-18-32-22-25)33-19-6-5-8-24-16-20-34(21-17-24)31-27-11-2-1-10-26(27)23-36-29-13-4-3-12-28(29)31/h1-4,7,9-15,18,22,24,31H,5-6,8,16-17,19-21,23H2,(H,33,35)/b15-14+. The number of rotatable bonds is 8. The SMILES string of the molecule is O=C(/C=C/c1cccnc1)NCCCCC1CCN(C2c3ccccc3COc3ccccc32)CC1. The molecule has 5 heteroatoms. The Balaban J connectivity index is 1.08. The number of fused-ring (bicyclic) bond motifs is 2. The fourth-order valence-electron chi connectivity index (χ4n) is 5.46. The lowest BCUT2D eigenvalue weighted by molar-refractivity contribution is -0.116. The second kappa shape index (κ2) is 12.0. The van der Waals surface area contributed by atoms with E-state index in [0.29, 0.717) is 6.61 Å². The van der Waals surface area contributed by atoms with Gasteiger partial charge in [0.15, 0.2) is 0 Å². The Hall–Kier alpha value is -3.44. The van der Waals surface area contributed by atoms with Gasteiger partial charge in [-0.3, -0.25) is 14.7 Å². The van der Waals surface area contributed by atoms with Crippen LogP contribution in [0.2, 0.25) is 0 Å².